The number of hydrogen-bond acceptors (Lipinski definition) is 4. The minimum absolute atomic E-state index is 0.201. The number of ether oxygens (including phenoxy) is 1. The predicted molar refractivity (Wildman–Crippen MR) is 95.9 cm³/mol. The van der Waals surface area contributed by atoms with Crippen LogP contribution in [-0.4, -0.2) is 22.4 Å². The number of hydrogen-bond donors (Lipinski definition) is 1. The molecule has 0 amide bonds. The van der Waals surface area contributed by atoms with Gasteiger partial charge in [-0.1, -0.05) is 72.9 Å². The number of benzene rings is 2. The number of carbonyl (C=O) groups excluding carboxylic acids is 1. The van der Waals surface area contributed by atoms with Crippen molar-refractivity contribution in [2.24, 2.45) is 0 Å². The number of H-pyrrole nitrogens is 1. The fourth-order valence-corrected chi connectivity index (χ4v) is 2.65. The van der Waals surface area contributed by atoms with E-state index in [0.29, 0.717) is 23.9 Å². The first-order valence-electron chi connectivity index (χ1n) is 7.63. The van der Waals surface area contributed by atoms with Crippen LogP contribution in [0.1, 0.15) is 22.8 Å². The minimum Gasteiger partial charge on any atom is -0.479 e. The number of nitrogens with zero attached hydrogens (tertiary/aromatic N) is 1. The van der Waals surface area contributed by atoms with Gasteiger partial charge in [-0.3, -0.25) is 4.79 Å². The van der Waals surface area contributed by atoms with Crippen molar-refractivity contribution in [1.82, 2.24) is 9.97 Å². The van der Waals surface area contributed by atoms with E-state index in [4.69, 9.17) is 17.0 Å². The highest BCUT2D eigenvalue weighted by Gasteiger charge is 2.19. The maximum Gasteiger partial charge on any atom is 0.207 e. The smallest absolute Gasteiger partial charge is 0.207 e. The highest BCUT2D eigenvalue weighted by molar-refractivity contribution is 7.71. The van der Waals surface area contributed by atoms with Crippen LogP contribution in [0.25, 0.3) is 11.4 Å². The zero-order valence-electron chi connectivity index (χ0n) is 13.2. The van der Waals surface area contributed by atoms with Crippen LogP contribution in [-0.2, 0) is 0 Å². The predicted octanol–water partition coefficient (Wildman–Crippen LogP) is 4.44. The molecule has 0 saturated carbocycles. The van der Waals surface area contributed by atoms with Gasteiger partial charge >= 0.3 is 0 Å². The van der Waals surface area contributed by atoms with Crippen molar-refractivity contribution in [3.63, 3.8) is 0 Å². The zero-order valence-corrected chi connectivity index (χ0v) is 14.0. The molecule has 3 rings (SSSR count). The van der Waals surface area contributed by atoms with Crippen LogP contribution in [0.5, 0.6) is 5.88 Å². The van der Waals surface area contributed by atoms with Crippen LogP contribution in [0.3, 0.4) is 0 Å². The average molecular weight is 336 g/mol. The van der Waals surface area contributed by atoms with Crippen molar-refractivity contribution in [1.29, 1.82) is 0 Å². The van der Waals surface area contributed by atoms with Crippen molar-refractivity contribution in [2.45, 2.75) is 6.92 Å². The summed E-state index contributed by atoms with van der Waals surface area (Å²) in [6, 6.07) is 18.6. The first-order valence-corrected chi connectivity index (χ1v) is 8.03. The third-order valence-corrected chi connectivity index (χ3v) is 3.78. The van der Waals surface area contributed by atoms with Crippen LogP contribution in [0.4, 0.5) is 0 Å². The summed E-state index contributed by atoms with van der Waals surface area (Å²) in [6.07, 6.45) is 0. The van der Waals surface area contributed by atoms with E-state index in [-0.39, 0.29) is 16.0 Å². The number of aromatic amines is 1. The first kappa shape index (κ1) is 16.1. The maximum atomic E-state index is 12.8. The van der Waals surface area contributed by atoms with Crippen LogP contribution in [0, 0.1) is 4.64 Å². The summed E-state index contributed by atoms with van der Waals surface area (Å²) in [4.78, 5) is 20.3. The van der Waals surface area contributed by atoms with Crippen molar-refractivity contribution in [3.8, 4) is 17.3 Å². The van der Waals surface area contributed by atoms with Gasteiger partial charge in [-0.15, -0.1) is 0 Å². The van der Waals surface area contributed by atoms with Gasteiger partial charge in [-0.2, -0.15) is 0 Å². The molecule has 120 valence electrons. The molecule has 1 aromatic heterocycles. The molecule has 0 aliphatic carbocycles. The molecule has 0 saturated heterocycles. The van der Waals surface area contributed by atoms with E-state index < -0.39 is 0 Å². The van der Waals surface area contributed by atoms with Crippen LogP contribution in [0.2, 0.25) is 0 Å². The molecule has 0 bridgehead atoms. The Kier molecular flexibility index (Phi) is 4.82. The molecule has 2 aromatic carbocycles. The maximum absolute atomic E-state index is 12.8. The Morgan fingerprint density at radius 2 is 1.71 bits per heavy atom. The van der Waals surface area contributed by atoms with Crippen LogP contribution < -0.4 is 4.74 Å². The second kappa shape index (κ2) is 7.19. The Morgan fingerprint density at radius 1 is 1.08 bits per heavy atom. The summed E-state index contributed by atoms with van der Waals surface area (Å²) in [5.74, 6) is 0.728. The first-order chi connectivity index (χ1) is 11.7. The molecule has 1 N–H and O–H groups in total. The van der Waals surface area contributed by atoms with E-state index in [0.717, 1.165) is 5.56 Å². The van der Waals surface area contributed by atoms with Gasteiger partial charge in [0, 0.05) is 11.1 Å². The molecular formula is C19H16N2O2S. The lowest BCUT2D eigenvalue weighted by Gasteiger charge is -2.12. The molecule has 0 aliphatic rings. The number of aromatic nitrogens is 2. The highest BCUT2D eigenvalue weighted by atomic mass is 32.1. The largest absolute Gasteiger partial charge is 0.479 e. The second-order valence-electron chi connectivity index (χ2n) is 5.09. The average Bonchev–Trinajstić information content (AvgIpc) is 2.63. The van der Waals surface area contributed by atoms with E-state index in [1.807, 2.05) is 55.5 Å². The number of rotatable bonds is 5. The van der Waals surface area contributed by atoms with Crippen LogP contribution >= 0.6 is 12.2 Å². The highest BCUT2D eigenvalue weighted by Crippen LogP contribution is 2.24. The van der Waals surface area contributed by atoms with E-state index in [2.05, 4.69) is 9.97 Å². The monoisotopic (exact) mass is 336 g/mol. The Hall–Kier alpha value is -2.79. The summed E-state index contributed by atoms with van der Waals surface area (Å²) in [5.41, 5.74) is 1.72. The van der Waals surface area contributed by atoms with Gasteiger partial charge in [0.1, 0.15) is 16.0 Å². The molecular weight excluding hydrogens is 320 g/mol. The van der Waals surface area contributed by atoms with Gasteiger partial charge in [0.2, 0.25) is 11.7 Å². The number of ketones is 1. The van der Waals surface area contributed by atoms with E-state index >= 15 is 0 Å². The fraction of sp³-hybridized carbons (Fsp3) is 0.105. The molecule has 0 radical (unpaired) electrons. The Bertz CT molecular complexity index is 906. The van der Waals surface area contributed by atoms with Gasteiger partial charge in [-0.25, -0.2) is 4.98 Å². The molecule has 3 aromatic rings. The van der Waals surface area contributed by atoms with Crippen LogP contribution in [0.15, 0.2) is 60.7 Å². The minimum atomic E-state index is -0.201. The number of carbonyl (C=O) groups is 1. The molecule has 0 unspecified atom stereocenters. The molecule has 5 heteroatoms. The molecule has 0 fully saturated rings. The summed E-state index contributed by atoms with van der Waals surface area (Å²) < 4.78 is 5.87. The third-order valence-electron chi connectivity index (χ3n) is 3.49. The van der Waals surface area contributed by atoms with Crippen molar-refractivity contribution >= 4 is 18.0 Å². The lowest BCUT2D eigenvalue weighted by atomic mass is 10.1. The van der Waals surface area contributed by atoms with E-state index in [9.17, 15) is 4.79 Å². The molecule has 0 spiro atoms. The SMILES string of the molecule is CCOc1[nH]c(-c2ccccc2)nc(=S)c1C(=O)c1ccccc1. The van der Waals surface area contributed by atoms with Crippen molar-refractivity contribution in [3.05, 3.63) is 76.4 Å². The normalized spacial score (nSPS) is 10.4. The Labute approximate surface area is 145 Å². The molecule has 0 aliphatic heterocycles. The van der Waals surface area contributed by atoms with Gasteiger partial charge in [0.05, 0.1) is 6.61 Å². The summed E-state index contributed by atoms with van der Waals surface area (Å²) in [7, 11) is 0. The van der Waals surface area contributed by atoms with Gasteiger partial charge in [0.25, 0.3) is 0 Å². The topological polar surface area (TPSA) is 55.0 Å². The van der Waals surface area contributed by atoms with Crippen molar-refractivity contribution < 1.29 is 9.53 Å². The van der Waals surface area contributed by atoms with Gasteiger partial charge in [-0.05, 0) is 6.92 Å². The zero-order chi connectivity index (χ0) is 16.9. The summed E-state index contributed by atoms with van der Waals surface area (Å²) in [5, 5.41) is 0. The second-order valence-corrected chi connectivity index (χ2v) is 5.48. The number of nitrogens with one attached hydrogen (secondary N) is 1. The fourth-order valence-electron chi connectivity index (χ4n) is 2.37. The molecule has 4 nitrogen and oxygen atoms in total. The van der Waals surface area contributed by atoms with Crippen molar-refractivity contribution in [2.75, 3.05) is 6.61 Å². The van der Waals surface area contributed by atoms with E-state index in [1.165, 1.54) is 0 Å². The Morgan fingerprint density at radius 3 is 2.33 bits per heavy atom. The summed E-state index contributed by atoms with van der Waals surface area (Å²) >= 11 is 5.39. The molecule has 0 atom stereocenters. The lowest BCUT2D eigenvalue weighted by Crippen LogP contribution is -2.10. The Balaban J connectivity index is 2.13. The summed E-state index contributed by atoms with van der Waals surface area (Å²) in [6.45, 7) is 2.27. The standard InChI is InChI=1S/C19H16N2O2S/c1-2-23-18-15(16(22)13-9-5-3-6-10-13)19(24)21-17(20-18)14-11-7-4-8-12-14/h3-12H,2H2,1H3,(H,20,21,24). The molecule has 24 heavy (non-hydrogen) atoms. The van der Waals surface area contributed by atoms with E-state index in [1.54, 1.807) is 12.1 Å². The quantitative estimate of drug-likeness (QED) is 0.553. The third kappa shape index (κ3) is 3.26. The lowest BCUT2D eigenvalue weighted by molar-refractivity contribution is 0.103. The van der Waals surface area contributed by atoms with Gasteiger partial charge < -0.3 is 9.72 Å². The van der Waals surface area contributed by atoms with Gasteiger partial charge in [0.15, 0.2) is 0 Å². The molecule has 1 heterocycles.